The van der Waals surface area contributed by atoms with Gasteiger partial charge in [-0.3, -0.25) is 9.59 Å². The maximum Gasteiger partial charge on any atom is 0.275 e. The minimum absolute atomic E-state index is 0.00494. The highest BCUT2D eigenvalue weighted by Crippen LogP contribution is 2.16. The van der Waals surface area contributed by atoms with E-state index in [2.05, 4.69) is 20.7 Å². The van der Waals surface area contributed by atoms with Crippen LogP contribution in [0.5, 0.6) is 0 Å². The Labute approximate surface area is 146 Å². The van der Waals surface area contributed by atoms with Crippen LogP contribution in [-0.4, -0.2) is 33.6 Å². The number of halogens is 1. The minimum atomic E-state index is -0.559. The van der Waals surface area contributed by atoms with Crippen molar-refractivity contribution >= 4 is 27.3 Å². The molecule has 0 fully saturated rings. The Morgan fingerprint density at radius 3 is 2.88 bits per heavy atom. The van der Waals surface area contributed by atoms with Gasteiger partial charge in [-0.2, -0.15) is 4.52 Å². The molecule has 3 aromatic rings. The lowest BCUT2D eigenvalue weighted by atomic mass is 10.2. The van der Waals surface area contributed by atoms with Crippen molar-refractivity contribution < 1.29 is 9.18 Å². The SMILES string of the molecule is CCc1cc(=O)n2nc(NCCNC(=O)c3ccccc3F)sc2n1. The van der Waals surface area contributed by atoms with E-state index in [1.54, 1.807) is 6.07 Å². The van der Waals surface area contributed by atoms with Crippen molar-refractivity contribution in [2.45, 2.75) is 13.3 Å². The molecule has 0 saturated heterocycles. The lowest BCUT2D eigenvalue weighted by Gasteiger charge is -2.06. The molecule has 25 heavy (non-hydrogen) atoms. The smallest absolute Gasteiger partial charge is 0.275 e. The zero-order valence-electron chi connectivity index (χ0n) is 13.5. The second-order valence-corrected chi connectivity index (χ2v) is 6.16. The molecule has 7 nitrogen and oxygen atoms in total. The van der Waals surface area contributed by atoms with Crippen LogP contribution in [0, 0.1) is 5.82 Å². The molecule has 0 spiro atoms. The monoisotopic (exact) mass is 361 g/mol. The Bertz CT molecular complexity index is 969. The van der Waals surface area contributed by atoms with E-state index >= 15 is 0 Å². The Balaban J connectivity index is 1.58. The van der Waals surface area contributed by atoms with Crippen LogP contribution in [0.1, 0.15) is 23.0 Å². The summed E-state index contributed by atoms with van der Waals surface area (Å²) in [4.78, 5) is 28.7. The van der Waals surface area contributed by atoms with Crippen molar-refractivity contribution in [2.24, 2.45) is 0 Å². The number of hydrogen-bond acceptors (Lipinski definition) is 6. The third-order valence-corrected chi connectivity index (χ3v) is 4.33. The van der Waals surface area contributed by atoms with Gasteiger partial charge in [0.15, 0.2) is 0 Å². The van der Waals surface area contributed by atoms with E-state index in [0.29, 0.717) is 23.1 Å². The number of nitrogens with one attached hydrogen (secondary N) is 2. The van der Waals surface area contributed by atoms with Crippen molar-refractivity contribution in [1.29, 1.82) is 0 Å². The number of anilines is 1. The van der Waals surface area contributed by atoms with Crippen molar-refractivity contribution in [3.63, 3.8) is 0 Å². The summed E-state index contributed by atoms with van der Waals surface area (Å²) >= 11 is 1.26. The summed E-state index contributed by atoms with van der Waals surface area (Å²) in [5.74, 6) is -1.04. The summed E-state index contributed by atoms with van der Waals surface area (Å²) < 4.78 is 14.7. The number of benzene rings is 1. The molecule has 0 aliphatic heterocycles. The molecule has 0 bridgehead atoms. The van der Waals surface area contributed by atoms with Crippen LogP contribution in [0.15, 0.2) is 35.1 Å². The van der Waals surface area contributed by atoms with Crippen molar-refractivity contribution in [1.82, 2.24) is 19.9 Å². The molecule has 1 aromatic carbocycles. The van der Waals surface area contributed by atoms with Gasteiger partial charge >= 0.3 is 0 Å². The van der Waals surface area contributed by atoms with E-state index in [9.17, 15) is 14.0 Å². The molecule has 9 heteroatoms. The second-order valence-electron chi connectivity index (χ2n) is 5.20. The van der Waals surface area contributed by atoms with Gasteiger partial charge in [0.1, 0.15) is 5.82 Å². The highest BCUT2D eigenvalue weighted by molar-refractivity contribution is 7.20. The van der Waals surface area contributed by atoms with E-state index in [1.165, 1.54) is 40.1 Å². The fourth-order valence-electron chi connectivity index (χ4n) is 2.19. The van der Waals surface area contributed by atoms with Gasteiger partial charge < -0.3 is 10.6 Å². The van der Waals surface area contributed by atoms with Crippen LogP contribution in [0.3, 0.4) is 0 Å². The van der Waals surface area contributed by atoms with Crippen molar-refractivity contribution in [2.75, 3.05) is 18.4 Å². The molecule has 0 aliphatic carbocycles. The highest BCUT2D eigenvalue weighted by atomic mass is 32.1. The molecule has 1 amide bonds. The molecule has 2 heterocycles. The van der Waals surface area contributed by atoms with Crippen LogP contribution in [0.4, 0.5) is 9.52 Å². The minimum Gasteiger partial charge on any atom is -0.358 e. The van der Waals surface area contributed by atoms with Gasteiger partial charge in [0.2, 0.25) is 10.1 Å². The number of carbonyl (C=O) groups is 1. The standard InChI is InChI=1S/C16H16FN5O2S/c1-2-10-9-13(23)22-16(20-10)25-15(21-22)19-8-7-18-14(24)11-5-3-4-6-12(11)17/h3-6,9H,2,7-8H2,1H3,(H,18,24)(H,19,21). The molecule has 130 valence electrons. The zero-order valence-corrected chi connectivity index (χ0v) is 14.3. The lowest BCUT2D eigenvalue weighted by molar-refractivity contribution is 0.0951. The summed E-state index contributed by atoms with van der Waals surface area (Å²) in [5, 5.41) is 10.3. The number of amides is 1. The molecule has 0 unspecified atom stereocenters. The first-order chi connectivity index (χ1) is 12.1. The Morgan fingerprint density at radius 1 is 1.32 bits per heavy atom. The molecular weight excluding hydrogens is 345 g/mol. The van der Waals surface area contributed by atoms with Gasteiger partial charge in [0, 0.05) is 24.8 Å². The van der Waals surface area contributed by atoms with Crippen LogP contribution in [0.2, 0.25) is 0 Å². The zero-order chi connectivity index (χ0) is 17.8. The molecule has 2 aromatic heterocycles. The molecule has 0 atom stereocenters. The molecule has 0 aliphatic rings. The summed E-state index contributed by atoms with van der Waals surface area (Å²) in [6.45, 7) is 2.59. The predicted molar refractivity (Wildman–Crippen MR) is 93.7 cm³/mol. The van der Waals surface area contributed by atoms with Gasteiger partial charge in [0.05, 0.1) is 5.56 Å². The quantitative estimate of drug-likeness (QED) is 0.653. The summed E-state index contributed by atoms with van der Waals surface area (Å²) in [6.07, 6.45) is 0.675. The average Bonchev–Trinajstić information content (AvgIpc) is 3.02. The van der Waals surface area contributed by atoms with Crippen molar-refractivity contribution in [3.8, 4) is 0 Å². The largest absolute Gasteiger partial charge is 0.358 e. The van der Waals surface area contributed by atoms with Crippen molar-refractivity contribution in [3.05, 3.63) is 57.8 Å². The van der Waals surface area contributed by atoms with E-state index in [4.69, 9.17) is 0 Å². The third-order valence-electron chi connectivity index (χ3n) is 3.47. The fourth-order valence-corrected chi connectivity index (χ4v) is 3.04. The number of aryl methyl sites for hydroxylation is 1. The molecule has 2 N–H and O–H groups in total. The summed E-state index contributed by atoms with van der Waals surface area (Å²) in [6, 6.07) is 7.26. The Hall–Kier alpha value is -2.81. The molecule has 0 saturated carbocycles. The highest BCUT2D eigenvalue weighted by Gasteiger charge is 2.10. The van der Waals surface area contributed by atoms with Crippen LogP contribution >= 0.6 is 11.3 Å². The summed E-state index contributed by atoms with van der Waals surface area (Å²) in [7, 11) is 0. The maximum absolute atomic E-state index is 13.5. The molecule has 0 radical (unpaired) electrons. The number of hydrogen-bond donors (Lipinski definition) is 2. The van der Waals surface area contributed by atoms with Crippen LogP contribution < -0.4 is 16.2 Å². The molecular formula is C16H16FN5O2S. The normalized spacial score (nSPS) is 10.8. The lowest BCUT2D eigenvalue weighted by Crippen LogP contribution is -2.29. The number of rotatable bonds is 6. The number of fused-ring (bicyclic) bond motifs is 1. The van der Waals surface area contributed by atoms with Gasteiger partial charge in [-0.1, -0.05) is 30.4 Å². The Morgan fingerprint density at radius 2 is 2.12 bits per heavy atom. The average molecular weight is 361 g/mol. The van der Waals surface area contributed by atoms with Gasteiger partial charge in [-0.15, -0.1) is 5.10 Å². The fraction of sp³-hybridized carbons (Fsp3) is 0.250. The van der Waals surface area contributed by atoms with E-state index < -0.39 is 11.7 Å². The number of aromatic nitrogens is 3. The Kier molecular flexibility index (Phi) is 5.03. The predicted octanol–water partition coefficient (Wildman–Crippen LogP) is 1.69. The van der Waals surface area contributed by atoms with Gasteiger partial charge in [-0.05, 0) is 18.6 Å². The molecule has 3 rings (SSSR count). The van der Waals surface area contributed by atoms with E-state index in [-0.39, 0.29) is 17.7 Å². The van der Waals surface area contributed by atoms with Gasteiger partial charge in [0.25, 0.3) is 11.5 Å². The number of carbonyl (C=O) groups excluding carboxylic acids is 1. The topological polar surface area (TPSA) is 88.4 Å². The van der Waals surface area contributed by atoms with E-state index in [1.807, 2.05) is 6.92 Å². The first-order valence-corrected chi connectivity index (χ1v) is 8.56. The van der Waals surface area contributed by atoms with E-state index in [0.717, 1.165) is 5.69 Å². The first kappa shape index (κ1) is 17.0. The maximum atomic E-state index is 13.5. The van der Waals surface area contributed by atoms with Gasteiger partial charge in [-0.25, -0.2) is 9.37 Å². The summed E-state index contributed by atoms with van der Waals surface area (Å²) in [5.41, 5.74) is 0.502. The van der Waals surface area contributed by atoms with Crippen LogP contribution in [-0.2, 0) is 6.42 Å². The second kappa shape index (κ2) is 7.39. The van der Waals surface area contributed by atoms with Crippen LogP contribution in [0.25, 0.3) is 4.96 Å². The first-order valence-electron chi connectivity index (χ1n) is 7.75. The number of nitrogens with zero attached hydrogens (tertiary/aromatic N) is 3. The third kappa shape index (κ3) is 3.82.